The van der Waals surface area contributed by atoms with E-state index >= 15 is 0 Å². The highest BCUT2D eigenvalue weighted by Crippen LogP contribution is 2.30. The molecule has 1 aromatic carbocycles. The Kier molecular flexibility index (Phi) is 5.19. The SMILES string of the molecule is CCC(N)Cc1cccc(Cl)c1OCc1nccs1. The van der Waals surface area contributed by atoms with Gasteiger partial charge in [-0.3, -0.25) is 0 Å². The molecule has 2 N–H and O–H groups in total. The van der Waals surface area contributed by atoms with Gasteiger partial charge in [0.25, 0.3) is 0 Å². The fraction of sp³-hybridized carbons (Fsp3) is 0.357. The van der Waals surface area contributed by atoms with Crippen LogP contribution in [0.5, 0.6) is 5.75 Å². The summed E-state index contributed by atoms with van der Waals surface area (Å²) >= 11 is 7.78. The highest BCUT2D eigenvalue weighted by molar-refractivity contribution is 7.09. The summed E-state index contributed by atoms with van der Waals surface area (Å²) in [6.07, 6.45) is 3.46. The highest BCUT2D eigenvalue weighted by atomic mass is 35.5. The zero-order valence-electron chi connectivity index (χ0n) is 10.8. The lowest BCUT2D eigenvalue weighted by Crippen LogP contribution is -2.21. The minimum absolute atomic E-state index is 0.126. The fourth-order valence-electron chi connectivity index (χ4n) is 1.76. The molecule has 0 aliphatic carbocycles. The molecule has 1 unspecified atom stereocenters. The summed E-state index contributed by atoms with van der Waals surface area (Å²) in [7, 11) is 0. The first-order chi connectivity index (χ1) is 9.20. The Morgan fingerprint density at radius 1 is 1.47 bits per heavy atom. The van der Waals surface area contributed by atoms with Crippen LogP contribution in [0.2, 0.25) is 5.02 Å². The first kappa shape index (κ1) is 14.3. The molecular formula is C14H17ClN2OS. The van der Waals surface area contributed by atoms with Crippen molar-refractivity contribution in [3.63, 3.8) is 0 Å². The van der Waals surface area contributed by atoms with Gasteiger partial charge in [0.1, 0.15) is 17.4 Å². The van der Waals surface area contributed by atoms with Crippen LogP contribution in [0, 0.1) is 0 Å². The number of thiazole rings is 1. The maximum Gasteiger partial charge on any atom is 0.141 e. The third-order valence-corrected chi connectivity index (χ3v) is 3.93. The second-order valence-corrected chi connectivity index (χ2v) is 5.70. The maximum atomic E-state index is 6.21. The molecule has 3 nitrogen and oxygen atoms in total. The van der Waals surface area contributed by atoms with Crippen molar-refractivity contribution in [1.82, 2.24) is 4.98 Å². The summed E-state index contributed by atoms with van der Waals surface area (Å²) < 4.78 is 5.82. The first-order valence-corrected chi connectivity index (χ1v) is 7.50. The van der Waals surface area contributed by atoms with Crippen LogP contribution in [0.3, 0.4) is 0 Å². The first-order valence-electron chi connectivity index (χ1n) is 6.24. The lowest BCUT2D eigenvalue weighted by atomic mass is 10.0. The zero-order valence-corrected chi connectivity index (χ0v) is 12.4. The standard InChI is InChI=1S/C14H17ClN2OS/c1-2-11(16)8-10-4-3-5-12(15)14(10)18-9-13-17-6-7-19-13/h3-7,11H,2,8-9,16H2,1H3. The zero-order chi connectivity index (χ0) is 13.7. The maximum absolute atomic E-state index is 6.21. The number of aromatic nitrogens is 1. The summed E-state index contributed by atoms with van der Waals surface area (Å²) in [5.74, 6) is 0.725. The number of para-hydroxylation sites is 1. The molecular weight excluding hydrogens is 280 g/mol. The molecule has 1 aromatic heterocycles. The van der Waals surface area contributed by atoms with Crippen LogP contribution in [-0.4, -0.2) is 11.0 Å². The van der Waals surface area contributed by atoms with E-state index < -0.39 is 0 Å². The molecule has 0 bridgehead atoms. The van der Waals surface area contributed by atoms with Crippen molar-refractivity contribution in [2.75, 3.05) is 0 Å². The van der Waals surface area contributed by atoms with Gasteiger partial charge in [-0.05, 0) is 24.5 Å². The van der Waals surface area contributed by atoms with E-state index in [0.717, 1.165) is 29.2 Å². The molecule has 5 heteroatoms. The minimum Gasteiger partial charge on any atom is -0.485 e. The number of rotatable bonds is 6. The summed E-state index contributed by atoms with van der Waals surface area (Å²) in [5, 5.41) is 3.49. The number of halogens is 1. The van der Waals surface area contributed by atoms with E-state index in [4.69, 9.17) is 22.1 Å². The Bertz CT molecular complexity index is 516. The Morgan fingerprint density at radius 2 is 2.32 bits per heavy atom. The van der Waals surface area contributed by atoms with Crippen LogP contribution >= 0.6 is 22.9 Å². The van der Waals surface area contributed by atoms with Crippen LogP contribution in [-0.2, 0) is 13.0 Å². The monoisotopic (exact) mass is 296 g/mol. The third-order valence-electron chi connectivity index (χ3n) is 2.88. The van der Waals surface area contributed by atoms with Gasteiger partial charge in [0.05, 0.1) is 5.02 Å². The van der Waals surface area contributed by atoms with Crippen molar-refractivity contribution < 1.29 is 4.74 Å². The van der Waals surface area contributed by atoms with Crippen molar-refractivity contribution in [3.05, 3.63) is 45.4 Å². The molecule has 0 saturated heterocycles. The smallest absolute Gasteiger partial charge is 0.141 e. The van der Waals surface area contributed by atoms with Gasteiger partial charge in [-0.15, -0.1) is 11.3 Å². The molecule has 2 rings (SSSR count). The lowest BCUT2D eigenvalue weighted by Gasteiger charge is -2.15. The summed E-state index contributed by atoms with van der Waals surface area (Å²) in [4.78, 5) is 4.19. The molecule has 1 atom stereocenters. The van der Waals surface area contributed by atoms with E-state index in [-0.39, 0.29) is 6.04 Å². The predicted molar refractivity (Wildman–Crippen MR) is 79.9 cm³/mol. The number of nitrogens with zero attached hydrogens (tertiary/aromatic N) is 1. The van der Waals surface area contributed by atoms with E-state index in [2.05, 4.69) is 11.9 Å². The van der Waals surface area contributed by atoms with Crippen molar-refractivity contribution in [3.8, 4) is 5.75 Å². The number of nitrogens with two attached hydrogens (primary N) is 1. The Labute approximate surface area is 122 Å². The molecule has 0 aliphatic heterocycles. The van der Waals surface area contributed by atoms with Gasteiger partial charge in [0.2, 0.25) is 0 Å². The molecule has 19 heavy (non-hydrogen) atoms. The molecule has 2 aromatic rings. The topological polar surface area (TPSA) is 48.1 Å². The van der Waals surface area contributed by atoms with Crippen molar-refractivity contribution in [1.29, 1.82) is 0 Å². The van der Waals surface area contributed by atoms with Crippen LogP contribution in [0.15, 0.2) is 29.8 Å². The van der Waals surface area contributed by atoms with E-state index in [1.165, 1.54) is 0 Å². The fourth-order valence-corrected chi connectivity index (χ4v) is 2.54. The van der Waals surface area contributed by atoms with Gasteiger partial charge >= 0.3 is 0 Å². The van der Waals surface area contributed by atoms with Crippen molar-refractivity contribution >= 4 is 22.9 Å². The second-order valence-electron chi connectivity index (χ2n) is 4.32. The number of benzene rings is 1. The molecule has 0 saturated carbocycles. The predicted octanol–water partition coefficient (Wildman–Crippen LogP) is 3.66. The number of hydrogen-bond donors (Lipinski definition) is 1. The summed E-state index contributed by atoms with van der Waals surface area (Å²) in [6, 6.07) is 5.90. The average Bonchev–Trinajstić information content (AvgIpc) is 2.91. The minimum atomic E-state index is 0.126. The van der Waals surface area contributed by atoms with Crippen LogP contribution in [0.1, 0.15) is 23.9 Å². The largest absolute Gasteiger partial charge is 0.485 e. The summed E-state index contributed by atoms with van der Waals surface area (Å²) in [6.45, 7) is 2.51. The Balaban J connectivity index is 2.13. The quantitative estimate of drug-likeness (QED) is 0.885. The van der Waals surface area contributed by atoms with E-state index in [1.807, 2.05) is 23.6 Å². The van der Waals surface area contributed by atoms with E-state index in [0.29, 0.717) is 11.6 Å². The number of hydrogen-bond acceptors (Lipinski definition) is 4. The lowest BCUT2D eigenvalue weighted by molar-refractivity contribution is 0.301. The molecule has 0 amide bonds. The van der Waals surface area contributed by atoms with Crippen molar-refractivity contribution in [2.24, 2.45) is 5.73 Å². The average molecular weight is 297 g/mol. The highest BCUT2D eigenvalue weighted by Gasteiger charge is 2.12. The van der Waals surface area contributed by atoms with Gasteiger partial charge in [-0.25, -0.2) is 4.98 Å². The van der Waals surface area contributed by atoms with Crippen molar-refractivity contribution in [2.45, 2.75) is 32.4 Å². The Morgan fingerprint density at radius 3 is 3.00 bits per heavy atom. The Hall–Kier alpha value is -1.10. The number of ether oxygens (including phenoxy) is 1. The molecule has 0 fully saturated rings. The second kappa shape index (κ2) is 6.89. The third kappa shape index (κ3) is 3.93. The normalized spacial score (nSPS) is 12.4. The van der Waals surface area contributed by atoms with Crippen LogP contribution < -0.4 is 10.5 Å². The van der Waals surface area contributed by atoms with Gasteiger partial charge in [0.15, 0.2) is 0 Å². The van der Waals surface area contributed by atoms with E-state index in [1.54, 1.807) is 17.5 Å². The molecule has 0 aliphatic rings. The summed E-state index contributed by atoms with van der Waals surface area (Å²) in [5.41, 5.74) is 7.06. The van der Waals surface area contributed by atoms with Gasteiger partial charge in [-0.1, -0.05) is 30.7 Å². The van der Waals surface area contributed by atoms with Gasteiger partial charge in [-0.2, -0.15) is 0 Å². The molecule has 0 radical (unpaired) electrons. The van der Waals surface area contributed by atoms with Crippen LogP contribution in [0.4, 0.5) is 0 Å². The van der Waals surface area contributed by atoms with Gasteiger partial charge in [0, 0.05) is 17.6 Å². The van der Waals surface area contributed by atoms with Gasteiger partial charge < -0.3 is 10.5 Å². The molecule has 0 spiro atoms. The molecule has 1 heterocycles. The van der Waals surface area contributed by atoms with Crippen LogP contribution in [0.25, 0.3) is 0 Å². The van der Waals surface area contributed by atoms with E-state index in [9.17, 15) is 0 Å². The molecule has 102 valence electrons.